The van der Waals surface area contributed by atoms with Crippen molar-refractivity contribution in [1.29, 1.82) is 0 Å². The van der Waals surface area contributed by atoms with E-state index in [0.717, 1.165) is 10.4 Å². The van der Waals surface area contributed by atoms with Crippen LogP contribution < -0.4 is 4.72 Å². The number of esters is 1. The monoisotopic (exact) mass is 401 g/mol. The van der Waals surface area contributed by atoms with Crippen molar-refractivity contribution in [3.63, 3.8) is 0 Å². The lowest BCUT2D eigenvalue weighted by Crippen LogP contribution is -2.30. The third kappa shape index (κ3) is 4.63. The zero-order chi connectivity index (χ0) is 19.3. The number of ether oxygens (including phenoxy) is 1. The number of rotatable bonds is 7. The third-order valence-electron chi connectivity index (χ3n) is 4.04. The van der Waals surface area contributed by atoms with E-state index in [4.69, 9.17) is 4.74 Å². The van der Waals surface area contributed by atoms with Crippen molar-refractivity contribution in [2.45, 2.75) is 17.4 Å². The quantitative estimate of drug-likeness (QED) is 0.608. The molecule has 1 aromatic heterocycles. The normalized spacial score (nSPS) is 12.5. The molecule has 0 saturated heterocycles. The molecule has 7 heteroatoms. The van der Waals surface area contributed by atoms with Gasteiger partial charge in [-0.25, -0.2) is 13.1 Å². The van der Waals surface area contributed by atoms with Crippen LogP contribution >= 0.6 is 11.3 Å². The standard InChI is InChI=1S/C20H19NO4S2/c1-25-20(22)14-17(18-11-7-13-26-18)21-27(23,24)19-12-6-5-10-16(19)15-8-3-2-4-9-15/h2-13,17,21H,14H2,1H3. The summed E-state index contributed by atoms with van der Waals surface area (Å²) in [5.41, 5.74) is 1.41. The molecule has 0 spiro atoms. The first-order valence-corrected chi connectivity index (χ1v) is 10.6. The van der Waals surface area contributed by atoms with Gasteiger partial charge in [0, 0.05) is 10.4 Å². The molecule has 1 N–H and O–H groups in total. The minimum Gasteiger partial charge on any atom is -0.469 e. The molecule has 0 aliphatic carbocycles. The van der Waals surface area contributed by atoms with Gasteiger partial charge in [0.05, 0.1) is 24.5 Å². The molecule has 2 aromatic carbocycles. The van der Waals surface area contributed by atoms with Gasteiger partial charge >= 0.3 is 5.97 Å². The SMILES string of the molecule is COC(=O)CC(NS(=O)(=O)c1ccccc1-c1ccccc1)c1cccs1. The van der Waals surface area contributed by atoms with Gasteiger partial charge in [0.25, 0.3) is 0 Å². The molecule has 0 aliphatic rings. The van der Waals surface area contributed by atoms with E-state index < -0.39 is 22.0 Å². The van der Waals surface area contributed by atoms with Gasteiger partial charge in [-0.15, -0.1) is 11.3 Å². The Kier molecular flexibility index (Phi) is 6.05. The fourth-order valence-corrected chi connectivity index (χ4v) is 5.05. The van der Waals surface area contributed by atoms with Gasteiger partial charge in [0.1, 0.15) is 0 Å². The maximum atomic E-state index is 13.1. The van der Waals surface area contributed by atoms with Gasteiger partial charge in [0.15, 0.2) is 0 Å². The highest BCUT2D eigenvalue weighted by molar-refractivity contribution is 7.89. The van der Waals surface area contributed by atoms with Crippen molar-refractivity contribution in [1.82, 2.24) is 4.72 Å². The molecule has 0 fully saturated rings. The summed E-state index contributed by atoms with van der Waals surface area (Å²) in [6.07, 6.45) is -0.0796. The first kappa shape index (κ1) is 19.3. The fraction of sp³-hybridized carbons (Fsp3) is 0.150. The second kappa shape index (κ2) is 8.47. The number of hydrogen-bond acceptors (Lipinski definition) is 5. The van der Waals surface area contributed by atoms with Crippen LogP contribution in [0.5, 0.6) is 0 Å². The van der Waals surface area contributed by atoms with Gasteiger partial charge in [0.2, 0.25) is 10.0 Å². The number of benzene rings is 2. The Morgan fingerprint density at radius 1 is 1.04 bits per heavy atom. The average molecular weight is 402 g/mol. The molecule has 140 valence electrons. The number of thiophene rings is 1. The van der Waals surface area contributed by atoms with Gasteiger partial charge in [-0.2, -0.15) is 0 Å². The summed E-state index contributed by atoms with van der Waals surface area (Å²) in [5.74, 6) is -0.479. The lowest BCUT2D eigenvalue weighted by molar-refractivity contribution is -0.141. The second-order valence-electron chi connectivity index (χ2n) is 5.83. The fourth-order valence-electron chi connectivity index (χ4n) is 2.75. The van der Waals surface area contributed by atoms with Gasteiger partial charge < -0.3 is 4.74 Å². The summed E-state index contributed by atoms with van der Waals surface area (Å²) in [6.45, 7) is 0. The molecular weight excluding hydrogens is 382 g/mol. The van der Waals surface area contributed by atoms with E-state index >= 15 is 0 Å². The van der Waals surface area contributed by atoms with Crippen LogP contribution in [0, 0.1) is 0 Å². The summed E-state index contributed by atoms with van der Waals surface area (Å²) < 4.78 is 33.7. The van der Waals surface area contributed by atoms with E-state index in [1.807, 2.05) is 41.8 Å². The van der Waals surface area contributed by atoms with Gasteiger partial charge in [-0.05, 0) is 23.1 Å². The number of carbonyl (C=O) groups excluding carboxylic acids is 1. The zero-order valence-electron chi connectivity index (χ0n) is 14.7. The predicted octanol–water partition coefficient (Wildman–Crippen LogP) is 4.00. The van der Waals surface area contributed by atoms with Crippen molar-refractivity contribution < 1.29 is 17.9 Å². The minimum absolute atomic E-state index is 0.0796. The molecule has 1 atom stereocenters. The maximum Gasteiger partial charge on any atom is 0.307 e. The van der Waals surface area contributed by atoms with Gasteiger partial charge in [-0.3, -0.25) is 4.79 Å². The Balaban J connectivity index is 1.98. The molecule has 1 unspecified atom stereocenters. The smallest absolute Gasteiger partial charge is 0.307 e. The Labute approximate surface area is 162 Å². The highest BCUT2D eigenvalue weighted by atomic mass is 32.2. The maximum absolute atomic E-state index is 13.1. The third-order valence-corrected chi connectivity index (χ3v) is 6.56. The first-order valence-electron chi connectivity index (χ1n) is 8.28. The molecule has 0 radical (unpaired) electrons. The number of methoxy groups -OCH3 is 1. The van der Waals surface area contributed by atoms with Crippen molar-refractivity contribution in [2.75, 3.05) is 7.11 Å². The average Bonchev–Trinajstić information content (AvgIpc) is 3.23. The molecule has 0 saturated carbocycles. The van der Waals surface area contributed by atoms with Crippen molar-refractivity contribution in [3.8, 4) is 11.1 Å². The van der Waals surface area contributed by atoms with Crippen LogP contribution in [-0.4, -0.2) is 21.5 Å². The van der Waals surface area contributed by atoms with Gasteiger partial charge in [-0.1, -0.05) is 54.6 Å². The summed E-state index contributed by atoms with van der Waals surface area (Å²) >= 11 is 1.39. The Bertz CT molecular complexity index is 999. The Morgan fingerprint density at radius 2 is 1.74 bits per heavy atom. The highest BCUT2D eigenvalue weighted by Gasteiger charge is 2.26. The number of nitrogens with one attached hydrogen (secondary N) is 1. The van der Waals surface area contributed by atoms with E-state index in [2.05, 4.69) is 4.72 Å². The molecule has 5 nitrogen and oxygen atoms in total. The zero-order valence-corrected chi connectivity index (χ0v) is 16.3. The van der Waals surface area contributed by atoms with E-state index in [1.165, 1.54) is 18.4 Å². The summed E-state index contributed by atoms with van der Waals surface area (Å²) in [7, 11) is -2.58. The van der Waals surface area contributed by atoms with Crippen LogP contribution in [0.25, 0.3) is 11.1 Å². The van der Waals surface area contributed by atoms with E-state index in [1.54, 1.807) is 30.3 Å². The molecule has 3 rings (SSSR count). The highest BCUT2D eigenvalue weighted by Crippen LogP contribution is 2.30. The lowest BCUT2D eigenvalue weighted by Gasteiger charge is -2.18. The Hall–Kier alpha value is -2.48. The molecule has 1 heterocycles. The number of carbonyl (C=O) groups is 1. The minimum atomic E-state index is -3.87. The van der Waals surface area contributed by atoms with Crippen LogP contribution in [0.3, 0.4) is 0 Å². The second-order valence-corrected chi connectivity index (χ2v) is 8.49. The van der Waals surface area contributed by atoms with Crippen molar-refractivity contribution in [3.05, 3.63) is 77.0 Å². The van der Waals surface area contributed by atoms with Crippen molar-refractivity contribution in [2.24, 2.45) is 0 Å². The molecule has 0 bridgehead atoms. The lowest BCUT2D eigenvalue weighted by atomic mass is 10.1. The van der Waals surface area contributed by atoms with E-state index in [9.17, 15) is 13.2 Å². The molecule has 3 aromatic rings. The number of sulfonamides is 1. The topological polar surface area (TPSA) is 72.5 Å². The van der Waals surface area contributed by atoms with Crippen LogP contribution in [0.2, 0.25) is 0 Å². The van der Waals surface area contributed by atoms with Crippen molar-refractivity contribution >= 4 is 27.3 Å². The largest absolute Gasteiger partial charge is 0.469 e. The Morgan fingerprint density at radius 3 is 2.41 bits per heavy atom. The molecule has 27 heavy (non-hydrogen) atoms. The van der Waals surface area contributed by atoms with Crippen LogP contribution in [0.4, 0.5) is 0 Å². The predicted molar refractivity (Wildman–Crippen MR) is 106 cm³/mol. The molecule has 0 aliphatic heterocycles. The van der Waals surface area contributed by atoms with Crippen LogP contribution in [0.15, 0.2) is 77.0 Å². The van der Waals surface area contributed by atoms with Crippen LogP contribution in [-0.2, 0) is 19.6 Å². The summed E-state index contributed by atoms with van der Waals surface area (Å²) in [5, 5.41) is 1.84. The number of hydrogen-bond donors (Lipinski definition) is 1. The molecule has 0 amide bonds. The first-order chi connectivity index (χ1) is 13.0. The van der Waals surface area contributed by atoms with E-state index in [0.29, 0.717) is 5.56 Å². The summed E-state index contributed by atoms with van der Waals surface area (Å²) in [6, 6.07) is 19.1. The summed E-state index contributed by atoms with van der Waals surface area (Å²) in [4.78, 5) is 12.7. The molecular formula is C20H19NO4S2. The van der Waals surface area contributed by atoms with Crippen LogP contribution in [0.1, 0.15) is 17.3 Å². The van der Waals surface area contributed by atoms with E-state index in [-0.39, 0.29) is 11.3 Å².